The van der Waals surface area contributed by atoms with Crippen LogP contribution in [0.3, 0.4) is 0 Å². The van der Waals surface area contributed by atoms with Crippen molar-refractivity contribution in [3.05, 3.63) is 48.6 Å². The number of hydrogen-bond donors (Lipinski definition) is 4. The molecule has 0 rings (SSSR count). The molecule has 10 heteroatoms. The van der Waals surface area contributed by atoms with Crippen LogP contribution in [0.4, 0.5) is 0 Å². The second kappa shape index (κ2) is 34.9. The molecular formula is C43H82N2O7P+. The Morgan fingerprint density at radius 2 is 1.30 bits per heavy atom. The Morgan fingerprint density at radius 3 is 1.91 bits per heavy atom. The number of quaternary nitrogens is 1. The Bertz CT molecular complexity index is 1020. The Balaban J connectivity index is 4.58. The smallest absolute Gasteiger partial charge is 0.389 e. The summed E-state index contributed by atoms with van der Waals surface area (Å²) >= 11 is 0. The predicted octanol–water partition coefficient (Wildman–Crippen LogP) is 10.3. The first-order chi connectivity index (χ1) is 25.4. The third kappa shape index (κ3) is 37.1. The van der Waals surface area contributed by atoms with E-state index in [1.165, 1.54) is 70.6 Å². The molecule has 4 N–H and O–H groups in total. The summed E-state index contributed by atoms with van der Waals surface area (Å²) < 4.78 is 23.5. The number of amides is 1. The van der Waals surface area contributed by atoms with Crippen LogP contribution in [0.5, 0.6) is 0 Å². The summed E-state index contributed by atoms with van der Waals surface area (Å²) in [4.78, 5) is 23.1. The van der Waals surface area contributed by atoms with E-state index < -0.39 is 26.1 Å². The van der Waals surface area contributed by atoms with Gasteiger partial charge in [-0.25, -0.2) is 4.57 Å². The molecule has 0 spiro atoms. The molecule has 0 aromatic heterocycles. The van der Waals surface area contributed by atoms with Crippen LogP contribution in [0, 0.1) is 0 Å². The summed E-state index contributed by atoms with van der Waals surface area (Å²) in [6.07, 6.45) is 39.0. The number of carbonyl (C=O) groups is 1. The average Bonchev–Trinajstić information content (AvgIpc) is 3.10. The Labute approximate surface area is 325 Å². The van der Waals surface area contributed by atoms with E-state index in [-0.39, 0.29) is 25.5 Å². The molecule has 0 saturated heterocycles. The Hall–Kier alpha value is -1.58. The second-order valence-electron chi connectivity index (χ2n) is 15.5. The van der Waals surface area contributed by atoms with E-state index in [1.807, 2.05) is 45.4 Å². The number of aliphatic hydroxyl groups excluding tert-OH is 2. The van der Waals surface area contributed by atoms with Gasteiger partial charge in [0.25, 0.3) is 0 Å². The van der Waals surface area contributed by atoms with Crippen molar-refractivity contribution in [3.8, 4) is 0 Å². The lowest BCUT2D eigenvalue weighted by molar-refractivity contribution is -0.870. The molecule has 9 nitrogen and oxygen atoms in total. The topological polar surface area (TPSA) is 125 Å². The van der Waals surface area contributed by atoms with Crippen LogP contribution >= 0.6 is 7.82 Å². The first kappa shape index (κ1) is 51.4. The fourth-order valence-corrected chi connectivity index (χ4v) is 6.49. The SMILES string of the molecule is CC/C=C/C/C=C/C=C/C(O)CCCCCCCC(=O)N[C@@H](COP(=O)(O)OCC[N+](C)(C)C)[C@H](O)/C=C/CCCCCCCCCCCCCCC. The molecule has 1 amide bonds. The number of hydrogen-bond acceptors (Lipinski definition) is 6. The highest BCUT2D eigenvalue weighted by molar-refractivity contribution is 7.47. The first-order valence-corrected chi connectivity index (χ1v) is 22.6. The number of likely N-dealkylation sites (N-methyl/N-ethyl adjacent to an activating group) is 1. The maximum Gasteiger partial charge on any atom is 0.472 e. The molecular weight excluding hydrogens is 687 g/mol. The summed E-state index contributed by atoms with van der Waals surface area (Å²) in [6, 6.07) is -0.884. The number of phosphoric acid groups is 1. The summed E-state index contributed by atoms with van der Waals surface area (Å²) in [6.45, 7) is 4.58. The van der Waals surface area contributed by atoms with Gasteiger partial charge in [-0.3, -0.25) is 13.8 Å². The number of carbonyl (C=O) groups excluding carboxylic acids is 1. The van der Waals surface area contributed by atoms with E-state index in [1.54, 1.807) is 6.08 Å². The minimum absolute atomic E-state index is 0.0418. The maximum absolute atomic E-state index is 12.8. The van der Waals surface area contributed by atoms with E-state index >= 15 is 0 Å². The largest absolute Gasteiger partial charge is 0.472 e. The molecule has 0 saturated carbocycles. The van der Waals surface area contributed by atoms with Gasteiger partial charge in [0.05, 0.1) is 46.0 Å². The molecule has 0 fully saturated rings. The molecule has 0 heterocycles. The molecule has 53 heavy (non-hydrogen) atoms. The number of rotatable bonds is 37. The third-order valence-corrected chi connectivity index (χ3v) is 10.1. The minimum Gasteiger partial charge on any atom is -0.389 e. The predicted molar refractivity (Wildman–Crippen MR) is 223 cm³/mol. The standard InChI is InChI=1S/C43H81N2O7P/c1-6-8-10-12-14-15-16-17-18-19-20-21-23-27-31-35-42(47)41(39-52-53(49,50)51-38-37-45(3,4)5)44-43(48)36-32-28-24-26-30-34-40(46)33-29-25-22-13-11-9-7-2/h9,11,22,25,29,31,33,35,40-42,46-47H,6-8,10,12-21,23-24,26-28,30,32,34,36-39H2,1-5H3,(H-,44,48,49,50)/p+1/b11-9+,25-22+,33-29+,35-31+/t40?,41-,42+/m0/s1. The van der Waals surface area contributed by atoms with Gasteiger partial charge in [-0.2, -0.15) is 0 Å². The molecule has 0 radical (unpaired) electrons. The van der Waals surface area contributed by atoms with E-state index in [4.69, 9.17) is 9.05 Å². The molecule has 0 aliphatic carbocycles. The van der Waals surface area contributed by atoms with Gasteiger partial charge >= 0.3 is 7.82 Å². The summed E-state index contributed by atoms with van der Waals surface area (Å²) in [5.41, 5.74) is 0. The summed E-state index contributed by atoms with van der Waals surface area (Å²) in [5, 5.41) is 23.9. The van der Waals surface area contributed by atoms with Gasteiger partial charge in [0.1, 0.15) is 13.2 Å². The molecule has 0 bridgehead atoms. The molecule has 0 aliphatic rings. The second-order valence-corrected chi connectivity index (χ2v) is 17.0. The highest BCUT2D eigenvalue weighted by Crippen LogP contribution is 2.43. The fourth-order valence-electron chi connectivity index (χ4n) is 5.75. The van der Waals surface area contributed by atoms with E-state index in [2.05, 4.69) is 37.4 Å². The number of unbranched alkanes of at least 4 members (excludes halogenated alkanes) is 17. The lowest BCUT2D eigenvalue weighted by Gasteiger charge is -2.25. The molecule has 2 unspecified atom stereocenters. The maximum atomic E-state index is 12.8. The van der Waals surface area contributed by atoms with Gasteiger partial charge in [-0.05, 0) is 38.5 Å². The van der Waals surface area contributed by atoms with E-state index in [0.29, 0.717) is 23.9 Å². The van der Waals surface area contributed by atoms with Crippen molar-refractivity contribution in [2.24, 2.45) is 0 Å². The van der Waals surface area contributed by atoms with Gasteiger partial charge < -0.3 is 24.9 Å². The number of nitrogens with zero attached hydrogens (tertiary/aromatic N) is 1. The van der Waals surface area contributed by atoms with Crippen molar-refractivity contribution < 1.29 is 38.0 Å². The average molecular weight is 770 g/mol. The molecule has 0 aromatic carbocycles. The normalized spacial score (nSPS) is 15.5. The zero-order valence-corrected chi connectivity index (χ0v) is 35.5. The molecule has 310 valence electrons. The third-order valence-electron chi connectivity index (χ3n) is 9.16. The number of phosphoric ester groups is 1. The van der Waals surface area contributed by atoms with Crippen LogP contribution < -0.4 is 5.32 Å². The van der Waals surface area contributed by atoms with Crippen LogP contribution in [-0.4, -0.2) is 84.6 Å². The number of nitrogens with one attached hydrogen (secondary N) is 1. The quantitative estimate of drug-likeness (QED) is 0.0163. The van der Waals surface area contributed by atoms with Crippen molar-refractivity contribution in [1.29, 1.82) is 0 Å². The highest BCUT2D eigenvalue weighted by atomic mass is 31.2. The van der Waals surface area contributed by atoms with E-state index in [0.717, 1.165) is 57.8 Å². The van der Waals surface area contributed by atoms with Gasteiger partial charge in [0.15, 0.2) is 0 Å². The minimum atomic E-state index is -4.36. The van der Waals surface area contributed by atoms with Crippen molar-refractivity contribution >= 4 is 13.7 Å². The number of aliphatic hydroxyl groups is 2. The van der Waals surface area contributed by atoms with Crippen LogP contribution in [-0.2, 0) is 18.4 Å². The number of allylic oxidation sites excluding steroid dienone is 6. The van der Waals surface area contributed by atoms with Crippen LogP contribution in [0.2, 0.25) is 0 Å². The first-order valence-electron chi connectivity index (χ1n) is 21.1. The summed E-state index contributed by atoms with van der Waals surface area (Å²) in [5.74, 6) is -0.236. The van der Waals surface area contributed by atoms with Crippen LogP contribution in [0.1, 0.15) is 162 Å². The lowest BCUT2D eigenvalue weighted by atomic mass is 10.0. The van der Waals surface area contributed by atoms with Crippen LogP contribution in [0.25, 0.3) is 0 Å². The Morgan fingerprint density at radius 1 is 0.717 bits per heavy atom. The van der Waals surface area contributed by atoms with Gasteiger partial charge in [0, 0.05) is 6.42 Å². The molecule has 0 aliphatic heterocycles. The Kier molecular flexibility index (Phi) is 33.8. The van der Waals surface area contributed by atoms with Crippen molar-refractivity contribution in [1.82, 2.24) is 5.32 Å². The van der Waals surface area contributed by atoms with Crippen LogP contribution in [0.15, 0.2) is 48.6 Å². The summed E-state index contributed by atoms with van der Waals surface area (Å²) in [7, 11) is 1.50. The zero-order valence-electron chi connectivity index (χ0n) is 34.6. The molecule has 4 atom stereocenters. The molecule has 0 aromatic rings. The lowest BCUT2D eigenvalue weighted by Crippen LogP contribution is -2.45. The van der Waals surface area contributed by atoms with Crippen molar-refractivity contribution in [2.75, 3.05) is 40.9 Å². The monoisotopic (exact) mass is 770 g/mol. The highest BCUT2D eigenvalue weighted by Gasteiger charge is 2.27. The van der Waals surface area contributed by atoms with Crippen molar-refractivity contribution in [2.45, 2.75) is 180 Å². The van der Waals surface area contributed by atoms with Gasteiger partial charge in [0.2, 0.25) is 5.91 Å². The van der Waals surface area contributed by atoms with Crippen molar-refractivity contribution in [3.63, 3.8) is 0 Å². The van der Waals surface area contributed by atoms with E-state index in [9.17, 15) is 24.5 Å². The van der Waals surface area contributed by atoms with Gasteiger partial charge in [-0.15, -0.1) is 0 Å². The fraction of sp³-hybridized carbons (Fsp3) is 0.791. The zero-order chi connectivity index (χ0) is 39.5. The van der Waals surface area contributed by atoms with Gasteiger partial charge in [-0.1, -0.05) is 165 Å².